The van der Waals surface area contributed by atoms with E-state index < -0.39 is 6.16 Å². The molecule has 0 atom stereocenters. The van der Waals surface area contributed by atoms with Gasteiger partial charge < -0.3 is 9.47 Å². The van der Waals surface area contributed by atoms with Crippen LogP contribution in [0.15, 0.2) is 12.2 Å². The summed E-state index contributed by atoms with van der Waals surface area (Å²) in [5, 5.41) is 0. The summed E-state index contributed by atoms with van der Waals surface area (Å²) in [5.74, 6) is 0. The van der Waals surface area contributed by atoms with Gasteiger partial charge in [-0.3, -0.25) is 0 Å². The normalized spacial score (nSPS) is 10.4. The summed E-state index contributed by atoms with van der Waals surface area (Å²) in [6.07, 6.45) is 7.18. The van der Waals surface area contributed by atoms with Crippen LogP contribution in [0.5, 0.6) is 0 Å². The lowest BCUT2D eigenvalue weighted by Gasteiger charge is -2.03. The smallest absolute Gasteiger partial charge is 0.434 e. The van der Waals surface area contributed by atoms with Gasteiger partial charge in [0.2, 0.25) is 0 Å². The standard InChI is InChI=1S/C11H20O3/c1-3-5-7-8-10-14-11(12)13-9-6-4-2/h5,7H,3-4,6,8-10H2,1-2H3. The highest BCUT2D eigenvalue weighted by atomic mass is 16.7. The summed E-state index contributed by atoms with van der Waals surface area (Å²) in [6.45, 7) is 4.97. The molecule has 0 rings (SSSR count). The van der Waals surface area contributed by atoms with E-state index in [9.17, 15) is 4.79 Å². The second-order valence-corrected chi connectivity index (χ2v) is 2.97. The minimum Gasteiger partial charge on any atom is -0.434 e. The van der Waals surface area contributed by atoms with Crippen molar-refractivity contribution in [3.63, 3.8) is 0 Å². The van der Waals surface area contributed by atoms with Crippen molar-refractivity contribution in [3.05, 3.63) is 12.2 Å². The minimum absolute atomic E-state index is 0.404. The molecular formula is C11H20O3. The van der Waals surface area contributed by atoms with Crippen molar-refractivity contribution in [2.75, 3.05) is 13.2 Å². The molecule has 0 spiro atoms. The molecule has 0 saturated heterocycles. The number of carbonyl (C=O) groups excluding carboxylic acids is 1. The van der Waals surface area contributed by atoms with E-state index in [0.29, 0.717) is 13.2 Å². The first kappa shape index (κ1) is 13.0. The van der Waals surface area contributed by atoms with E-state index >= 15 is 0 Å². The van der Waals surface area contributed by atoms with Gasteiger partial charge in [0.1, 0.15) is 0 Å². The van der Waals surface area contributed by atoms with Crippen molar-refractivity contribution < 1.29 is 14.3 Å². The van der Waals surface area contributed by atoms with Crippen LogP contribution < -0.4 is 0 Å². The number of hydrogen-bond acceptors (Lipinski definition) is 3. The van der Waals surface area contributed by atoms with E-state index in [1.807, 2.05) is 19.1 Å². The first-order valence-corrected chi connectivity index (χ1v) is 5.25. The molecule has 0 aliphatic heterocycles. The maximum Gasteiger partial charge on any atom is 0.508 e. The third-order valence-corrected chi connectivity index (χ3v) is 1.62. The number of rotatable bonds is 7. The van der Waals surface area contributed by atoms with Crippen LogP contribution in [-0.4, -0.2) is 19.4 Å². The zero-order valence-electron chi connectivity index (χ0n) is 9.12. The zero-order valence-corrected chi connectivity index (χ0v) is 9.12. The highest BCUT2D eigenvalue weighted by molar-refractivity contribution is 5.59. The summed E-state index contributed by atoms with van der Waals surface area (Å²) in [6, 6.07) is 0. The van der Waals surface area contributed by atoms with Crippen LogP contribution in [0.25, 0.3) is 0 Å². The van der Waals surface area contributed by atoms with E-state index in [-0.39, 0.29) is 0 Å². The Morgan fingerprint density at radius 3 is 2.50 bits per heavy atom. The fourth-order valence-electron chi connectivity index (χ4n) is 0.836. The lowest BCUT2D eigenvalue weighted by Crippen LogP contribution is -2.08. The topological polar surface area (TPSA) is 35.5 Å². The maximum absolute atomic E-state index is 10.9. The molecule has 3 heteroatoms. The van der Waals surface area contributed by atoms with E-state index in [4.69, 9.17) is 9.47 Å². The van der Waals surface area contributed by atoms with Crippen LogP contribution in [0.1, 0.15) is 39.5 Å². The lowest BCUT2D eigenvalue weighted by molar-refractivity contribution is 0.0556. The van der Waals surface area contributed by atoms with Crippen LogP contribution in [0, 0.1) is 0 Å². The van der Waals surface area contributed by atoms with Gasteiger partial charge in [-0.2, -0.15) is 0 Å². The molecule has 0 N–H and O–H groups in total. The van der Waals surface area contributed by atoms with Crippen molar-refractivity contribution in [1.82, 2.24) is 0 Å². The number of hydrogen-bond donors (Lipinski definition) is 0. The molecule has 82 valence electrons. The fourth-order valence-corrected chi connectivity index (χ4v) is 0.836. The van der Waals surface area contributed by atoms with Gasteiger partial charge in [0.05, 0.1) is 13.2 Å². The molecule has 0 heterocycles. The number of ether oxygens (including phenoxy) is 2. The molecule has 0 bridgehead atoms. The summed E-state index contributed by atoms with van der Waals surface area (Å²) in [7, 11) is 0. The quantitative estimate of drug-likeness (QED) is 0.359. The zero-order chi connectivity index (χ0) is 10.6. The summed E-state index contributed by atoms with van der Waals surface area (Å²) in [4.78, 5) is 10.9. The van der Waals surface area contributed by atoms with Crippen LogP contribution in [-0.2, 0) is 9.47 Å². The summed E-state index contributed by atoms with van der Waals surface area (Å²) >= 11 is 0. The van der Waals surface area contributed by atoms with Crippen molar-refractivity contribution in [1.29, 1.82) is 0 Å². The molecule has 0 unspecified atom stereocenters. The van der Waals surface area contributed by atoms with Crippen molar-refractivity contribution in [2.24, 2.45) is 0 Å². The van der Waals surface area contributed by atoms with Gasteiger partial charge in [-0.15, -0.1) is 0 Å². The van der Waals surface area contributed by atoms with Crippen LogP contribution in [0.3, 0.4) is 0 Å². The Kier molecular flexibility index (Phi) is 9.38. The molecule has 0 aliphatic rings. The number of unbranched alkanes of at least 4 members (excludes halogenated alkanes) is 1. The molecule has 3 nitrogen and oxygen atoms in total. The Labute approximate surface area is 86.1 Å². The highest BCUT2D eigenvalue weighted by Crippen LogP contribution is 1.93. The fraction of sp³-hybridized carbons (Fsp3) is 0.727. The van der Waals surface area contributed by atoms with Crippen molar-refractivity contribution in [2.45, 2.75) is 39.5 Å². The Balaban J connectivity index is 3.22. The molecule has 14 heavy (non-hydrogen) atoms. The Bertz CT molecular complexity index is 164. The van der Waals surface area contributed by atoms with E-state index in [0.717, 1.165) is 25.7 Å². The molecule has 0 aromatic heterocycles. The Morgan fingerprint density at radius 1 is 1.14 bits per heavy atom. The number of carbonyl (C=O) groups is 1. The maximum atomic E-state index is 10.9. The van der Waals surface area contributed by atoms with E-state index in [2.05, 4.69) is 6.92 Å². The number of allylic oxidation sites excluding steroid dienone is 1. The van der Waals surface area contributed by atoms with Crippen molar-refractivity contribution in [3.8, 4) is 0 Å². The average molecular weight is 200 g/mol. The van der Waals surface area contributed by atoms with Gasteiger partial charge >= 0.3 is 6.16 Å². The minimum atomic E-state index is -0.552. The van der Waals surface area contributed by atoms with Gasteiger partial charge in [-0.25, -0.2) is 4.79 Å². The monoisotopic (exact) mass is 200 g/mol. The van der Waals surface area contributed by atoms with Crippen LogP contribution >= 0.6 is 0 Å². The van der Waals surface area contributed by atoms with E-state index in [1.54, 1.807) is 0 Å². The SMILES string of the molecule is CCC=CCCOC(=O)OCCCC. The molecule has 0 aromatic carbocycles. The van der Waals surface area contributed by atoms with Gasteiger partial charge in [0, 0.05) is 0 Å². The Hall–Kier alpha value is -0.990. The second-order valence-electron chi connectivity index (χ2n) is 2.97. The van der Waals surface area contributed by atoms with Gasteiger partial charge in [-0.1, -0.05) is 32.4 Å². The third-order valence-electron chi connectivity index (χ3n) is 1.62. The molecule has 0 fully saturated rings. The summed E-state index contributed by atoms with van der Waals surface area (Å²) < 4.78 is 9.63. The van der Waals surface area contributed by atoms with Gasteiger partial charge in [0.25, 0.3) is 0 Å². The largest absolute Gasteiger partial charge is 0.508 e. The lowest BCUT2D eigenvalue weighted by atomic mass is 10.3. The molecule has 0 radical (unpaired) electrons. The van der Waals surface area contributed by atoms with E-state index in [1.165, 1.54) is 0 Å². The highest BCUT2D eigenvalue weighted by Gasteiger charge is 2.00. The van der Waals surface area contributed by atoms with Crippen LogP contribution in [0.2, 0.25) is 0 Å². The predicted octanol–water partition coefficient (Wildman–Crippen LogP) is 3.30. The molecule has 0 amide bonds. The predicted molar refractivity (Wildman–Crippen MR) is 56.3 cm³/mol. The molecule has 0 saturated carbocycles. The van der Waals surface area contributed by atoms with Crippen molar-refractivity contribution >= 4 is 6.16 Å². The Morgan fingerprint density at radius 2 is 1.86 bits per heavy atom. The van der Waals surface area contributed by atoms with Gasteiger partial charge in [0.15, 0.2) is 0 Å². The second kappa shape index (κ2) is 10.1. The van der Waals surface area contributed by atoms with Gasteiger partial charge in [-0.05, 0) is 19.3 Å². The average Bonchev–Trinajstić information content (AvgIpc) is 2.18. The first-order valence-electron chi connectivity index (χ1n) is 5.25. The summed E-state index contributed by atoms with van der Waals surface area (Å²) in [5.41, 5.74) is 0. The third kappa shape index (κ3) is 9.10. The molecular weight excluding hydrogens is 180 g/mol. The molecule has 0 aromatic rings. The van der Waals surface area contributed by atoms with Crippen LogP contribution in [0.4, 0.5) is 4.79 Å². The first-order chi connectivity index (χ1) is 6.81. The molecule has 0 aliphatic carbocycles.